The zero-order valence-corrected chi connectivity index (χ0v) is 30.2. The molecule has 0 spiro atoms. The first-order valence-electron chi connectivity index (χ1n) is 17.1. The number of anilines is 3. The number of aryl methyl sites for hydroxylation is 6. The largest absolute Gasteiger partial charge is 0.308 e. The maximum Gasteiger partial charge on any atom is 0.0886 e. The fourth-order valence-corrected chi connectivity index (χ4v) is 8.39. The summed E-state index contributed by atoms with van der Waals surface area (Å²) in [7, 11) is 0. The van der Waals surface area contributed by atoms with Gasteiger partial charge in [-0.15, -0.1) is 0 Å². The number of nitrogens with zero attached hydrogens (tertiary/aromatic N) is 3. The van der Waals surface area contributed by atoms with E-state index in [0.717, 1.165) is 17.0 Å². The fraction of sp³-hybridized carbons (Fsp3) is 0.130. The number of pyridine rings is 2. The van der Waals surface area contributed by atoms with Gasteiger partial charge < -0.3 is 4.90 Å². The van der Waals surface area contributed by atoms with Crippen molar-refractivity contribution in [2.24, 2.45) is 0 Å². The molecule has 8 rings (SSSR count). The molecule has 3 heterocycles. The van der Waals surface area contributed by atoms with Crippen LogP contribution in [0.5, 0.6) is 0 Å². The van der Waals surface area contributed by atoms with Gasteiger partial charge in [0.05, 0.1) is 22.8 Å². The quantitative estimate of drug-likeness (QED) is 0.183. The molecule has 244 valence electrons. The van der Waals surface area contributed by atoms with Crippen molar-refractivity contribution in [1.82, 2.24) is 9.97 Å². The van der Waals surface area contributed by atoms with Crippen LogP contribution in [0.3, 0.4) is 0 Å². The second-order valence-electron chi connectivity index (χ2n) is 13.4. The third kappa shape index (κ3) is 5.60. The van der Waals surface area contributed by atoms with Gasteiger partial charge in [0.15, 0.2) is 0 Å². The van der Waals surface area contributed by atoms with Crippen molar-refractivity contribution in [3.05, 3.63) is 161 Å². The predicted molar refractivity (Wildman–Crippen MR) is 211 cm³/mol. The number of aromatic nitrogens is 2. The van der Waals surface area contributed by atoms with Crippen LogP contribution in [0.15, 0.2) is 137 Å². The lowest BCUT2D eigenvalue weighted by Crippen LogP contribution is -2.16. The molecule has 50 heavy (non-hydrogen) atoms. The smallest absolute Gasteiger partial charge is 0.0886 e. The molecule has 0 unspecified atom stereocenters. The summed E-state index contributed by atoms with van der Waals surface area (Å²) in [5.41, 5.74) is 20.5. The minimum atomic E-state index is 0.882. The minimum absolute atomic E-state index is 0.882. The first-order valence-corrected chi connectivity index (χ1v) is 18.0. The van der Waals surface area contributed by atoms with Gasteiger partial charge in [0.1, 0.15) is 0 Å². The standard InChI is InChI=1S/C46H39N3S/c1-28-22-36(29(2)21-35(28)34-18-19-41(48-27-34)40-13-11-12-20-47-40)37-23-31(4)38(24-30(37)3)39-25-33(6)44(26-32(39)5)49-42-14-7-9-16-45(42)50-46-17-10-8-15-43(46)49/h7-27H,1-6H3. The van der Waals surface area contributed by atoms with E-state index in [4.69, 9.17) is 4.98 Å². The summed E-state index contributed by atoms with van der Waals surface area (Å²) >= 11 is 1.85. The van der Waals surface area contributed by atoms with Gasteiger partial charge in [-0.05, 0) is 157 Å². The monoisotopic (exact) mass is 665 g/mol. The van der Waals surface area contributed by atoms with E-state index < -0.39 is 0 Å². The van der Waals surface area contributed by atoms with Crippen LogP contribution in [0.25, 0.3) is 44.8 Å². The van der Waals surface area contributed by atoms with Crippen LogP contribution in [-0.4, -0.2) is 9.97 Å². The van der Waals surface area contributed by atoms with E-state index >= 15 is 0 Å². The Morgan fingerprint density at radius 2 is 0.900 bits per heavy atom. The topological polar surface area (TPSA) is 29.0 Å². The first kappa shape index (κ1) is 31.8. The highest BCUT2D eigenvalue weighted by Crippen LogP contribution is 2.52. The fourth-order valence-electron chi connectivity index (χ4n) is 7.33. The van der Waals surface area contributed by atoms with Gasteiger partial charge in [-0.3, -0.25) is 9.97 Å². The van der Waals surface area contributed by atoms with Crippen LogP contribution in [0, 0.1) is 41.5 Å². The van der Waals surface area contributed by atoms with E-state index in [9.17, 15) is 0 Å². The van der Waals surface area contributed by atoms with Crippen LogP contribution in [0.4, 0.5) is 17.1 Å². The Balaban J connectivity index is 1.13. The highest BCUT2D eigenvalue weighted by Gasteiger charge is 2.26. The summed E-state index contributed by atoms with van der Waals surface area (Å²) in [5.74, 6) is 0. The van der Waals surface area contributed by atoms with Crippen LogP contribution >= 0.6 is 11.8 Å². The maximum absolute atomic E-state index is 4.74. The highest BCUT2D eigenvalue weighted by atomic mass is 32.2. The second-order valence-corrected chi connectivity index (χ2v) is 14.5. The average molecular weight is 666 g/mol. The van der Waals surface area contributed by atoms with Gasteiger partial charge >= 0.3 is 0 Å². The lowest BCUT2D eigenvalue weighted by molar-refractivity contribution is 1.15. The van der Waals surface area contributed by atoms with E-state index in [1.165, 1.54) is 88.1 Å². The third-order valence-corrected chi connectivity index (χ3v) is 11.1. The third-order valence-electron chi connectivity index (χ3n) is 9.94. The average Bonchev–Trinajstić information content (AvgIpc) is 3.13. The van der Waals surface area contributed by atoms with E-state index in [-0.39, 0.29) is 0 Å². The van der Waals surface area contributed by atoms with Crippen molar-refractivity contribution < 1.29 is 0 Å². The summed E-state index contributed by atoms with van der Waals surface area (Å²) in [5, 5.41) is 0. The normalized spacial score (nSPS) is 12.1. The number of benzene rings is 5. The lowest BCUT2D eigenvalue weighted by Gasteiger charge is -2.34. The molecule has 0 atom stereocenters. The second kappa shape index (κ2) is 12.8. The van der Waals surface area contributed by atoms with Crippen molar-refractivity contribution in [2.75, 3.05) is 4.90 Å². The molecule has 0 amide bonds. The van der Waals surface area contributed by atoms with E-state index in [1.807, 2.05) is 36.2 Å². The van der Waals surface area contributed by atoms with Crippen LogP contribution in [-0.2, 0) is 0 Å². The van der Waals surface area contributed by atoms with Gasteiger partial charge in [0.25, 0.3) is 0 Å². The van der Waals surface area contributed by atoms with Crippen molar-refractivity contribution in [1.29, 1.82) is 0 Å². The van der Waals surface area contributed by atoms with Gasteiger partial charge in [0.2, 0.25) is 0 Å². The zero-order chi connectivity index (χ0) is 34.5. The molecule has 1 aliphatic heterocycles. The molecule has 1 aliphatic rings. The van der Waals surface area contributed by atoms with Gasteiger partial charge in [-0.2, -0.15) is 0 Å². The maximum atomic E-state index is 4.74. The summed E-state index contributed by atoms with van der Waals surface area (Å²) in [6, 6.07) is 41.8. The molecule has 3 nitrogen and oxygen atoms in total. The summed E-state index contributed by atoms with van der Waals surface area (Å²) in [4.78, 5) is 14.2. The van der Waals surface area contributed by atoms with Gasteiger partial charge in [-0.1, -0.05) is 72.4 Å². The number of hydrogen-bond donors (Lipinski definition) is 0. The number of fused-ring (bicyclic) bond motifs is 2. The molecular formula is C46H39N3S. The minimum Gasteiger partial charge on any atom is -0.308 e. The molecule has 0 saturated carbocycles. The van der Waals surface area contributed by atoms with E-state index in [2.05, 4.69) is 148 Å². The molecule has 0 fully saturated rings. The Labute approximate surface area is 299 Å². The van der Waals surface area contributed by atoms with E-state index in [1.54, 1.807) is 6.20 Å². The molecule has 0 N–H and O–H groups in total. The summed E-state index contributed by atoms with van der Waals surface area (Å²) < 4.78 is 0. The lowest BCUT2D eigenvalue weighted by atomic mass is 9.86. The van der Waals surface area contributed by atoms with E-state index in [0.29, 0.717) is 0 Å². The molecule has 7 aromatic rings. The Kier molecular flexibility index (Phi) is 8.13. The number of para-hydroxylation sites is 2. The SMILES string of the molecule is Cc1cc(-c2cc(C)c(-c3cc(C)c(N4c5ccccc5Sc5ccccc54)cc3C)cc2C)c(C)cc1-c1ccc(-c2ccccn2)nc1. The molecule has 4 heteroatoms. The molecule has 0 aliphatic carbocycles. The van der Waals surface area contributed by atoms with Gasteiger partial charge in [-0.25, -0.2) is 0 Å². The van der Waals surface area contributed by atoms with Crippen molar-refractivity contribution in [3.63, 3.8) is 0 Å². The highest BCUT2D eigenvalue weighted by molar-refractivity contribution is 7.99. The van der Waals surface area contributed by atoms with Gasteiger partial charge in [0, 0.05) is 33.4 Å². The summed E-state index contributed by atoms with van der Waals surface area (Å²) in [6.45, 7) is 13.4. The molecule has 0 bridgehead atoms. The van der Waals surface area contributed by atoms with Crippen LogP contribution in [0.2, 0.25) is 0 Å². The number of rotatable bonds is 5. The first-order chi connectivity index (χ1) is 24.3. The molecule has 5 aromatic carbocycles. The molecule has 0 saturated heterocycles. The number of hydrogen-bond acceptors (Lipinski definition) is 4. The Morgan fingerprint density at radius 1 is 0.420 bits per heavy atom. The van der Waals surface area contributed by atoms with Crippen molar-refractivity contribution in [2.45, 2.75) is 51.3 Å². The van der Waals surface area contributed by atoms with Crippen LogP contribution < -0.4 is 4.90 Å². The zero-order valence-electron chi connectivity index (χ0n) is 29.4. The Hall–Kier alpha value is -5.45. The Morgan fingerprint density at radius 3 is 1.44 bits per heavy atom. The van der Waals surface area contributed by atoms with Crippen molar-refractivity contribution >= 4 is 28.8 Å². The van der Waals surface area contributed by atoms with Crippen molar-refractivity contribution in [3.8, 4) is 44.8 Å². The Bertz CT molecular complexity index is 2370. The summed E-state index contributed by atoms with van der Waals surface area (Å²) in [6.07, 6.45) is 3.77. The molecule has 0 radical (unpaired) electrons. The molecule has 2 aromatic heterocycles. The predicted octanol–water partition coefficient (Wildman–Crippen LogP) is 12.9. The molecular weight excluding hydrogens is 627 g/mol. The van der Waals surface area contributed by atoms with Crippen LogP contribution in [0.1, 0.15) is 33.4 Å².